The van der Waals surface area contributed by atoms with Crippen LogP contribution in [0.25, 0.3) is 0 Å². The molecule has 0 spiro atoms. The molecule has 0 amide bonds. The van der Waals surface area contributed by atoms with E-state index in [0.29, 0.717) is 11.6 Å². The fourth-order valence-electron chi connectivity index (χ4n) is 2.37. The molecule has 96 valence electrons. The van der Waals surface area contributed by atoms with Gasteiger partial charge in [-0.15, -0.1) is 0 Å². The number of rotatable bonds is 4. The van der Waals surface area contributed by atoms with Crippen molar-refractivity contribution in [3.63, 3.8) is 0 Å². The summed E-state index contributed by atoms with van der Waals surface area (Å²) in [5.41, 5.74) is 3.17. The zero-order chi connectivity index (χ0) is 13.1. The molecule has 0 radical (unpaired) electrons. The van der Waals surface area contributed by atoms with Gasteiger partial charge in [-0.25, -0.2) is 4.98 Å². The molecule has 18 heavy (non-hydrogen) atoms. The minimum Gasteiger partial charge on any atom is -0.355 e. The highest BCUT2D eigenvalue weighted by atomic mass is 32.2. The van der Waals surface area contributed by atoms with Gasteiger partial charge in [-0.05, 0) is 44.1 Å². The van der Waals surface area contributed by atoms with E-state index in [0.717, 1.165) is 24.4 Å². The van der Waals surface area contributed by atoms with Crippen LogP contribution in [0.3, 0.4) is 0 Å². The first kappa shape index (κ1) is 13.2. The molecule has 1 aliphatic carbocycles. The minimum atomic E-state index is 0.388. The van der Waals surface area contributed by atoms with E-state index in [2.05, 4.69) is 24.1 Å². The summed E-state index contributed by atoms with van der Waals surface area (Å²) in [4.78, 5) is 6.85. The van der Waals surface area contributed by atoms with Crippen LogP contribution in [0.15, 0.2) is 6.07 Å². The Labute approximate surface area is 113 Å². The van der Waals surface area contributed by atoms with Gasteiger partial charge in [0, 0.05) is 24.5 Å². The predicted molar refractivity (Wildman–Crippen MR) is 77.2 cm³/mol. The monoisotopic (exact) mass is 261 g/mol. The van der Waals surface area contributed by atoms with E-state index in [-0.39, 0.29) is 0 Å². The van der Waals surface area contributed by atoms with E-state index < -0.39 is 0 Å². The lowest BCUT2D eigenvalue weighted by atomic mass is 10.1. The van der Waals surface area contributed by atoms with Gasteiger partial charge in [-0.2, -0.15) is 17.0 Å². The van der Waals surface area contributed by atoms with Crippen LogP contribution in [0.5, 0.6) is 0 Å². The molecule has 1 aromatic rings. The number of hydrogen-bond acceptors (Lipinski definition) is 4. The van der Waals surface area contributed by atoms with Crippen molar-refractivity contribution in [3.05, 3.63) is 22.9 Å². The van der Waals surface area contributed by atoms with Crippen molar-refractivity contribution >= 4 is 17.6 Å². The Morgan fingerprint density at radius 3 is 3.00 bits per heavy atom. The molecule has 3 nitrogen and oxygen atoms in total. The summed E-state index contributed by atoms with van der Waals surface area (Å²) >= 11 is 1.82. The molecule has 0 N–H and O–H groups in total. The highest BCUT2D eigenvalue weighted by Gasteiger charge is 2.20. The summed E-state index contributed by atoms with van der Waals surface area (Å²) < 4.78 is 0. The fraction of sp³-hybridized carbons (Fsp3) is 0.571. The van der Waals surface area contributed by atoms with E-state index in [4.69, 9.17) is 4.98 Å². The summed E-state index contributed by atoms with van der Waals surface area (Å²) in [5, 5.41) is 9.29. The van der Waals surface area contributed by atoms with E-state index in [9.17, 15) is 5.26 Å². The first-order valence-corrected chi connectivity index (χ1v) is 7.71. The predicted octanol–water partition coefficient (Wildman–Crippen LogP) is 2.63. The fourth-order valence-corrected chi connectivity index (χ4v) is 3.08. The van der Waals surface area contributed by atoms with Crippen molar-refractivity contribution in [3.8, 4) is 6.07 Å². The Hall–Kier alpha value is -1.21. The Balaban J connectivity index is 2.35. The third-order valence-electron chi connectivity index (χ3n) is 3.55. The number of anilines is 1. The Bertz CT molecular complexity index is 479. The summed E-state index contributed by atoms with van der Waals surface area (Å²) in [7, 11) is 2.03. The second-order valence-electron chi connectivity index (χ2n) is 4.85. The number of aromatic nitrogens is 1. The number of aryl methyl sites for hydroxylation is 2. The number of nitrogens with zero attached hydrogens (tertiary/aromatic N) is 3. The second kappa shape index (κ2) is 5.62. The first-order valence-electron chi connectivity index (χ1n) is 6.32. The van der Waals surface area contributed by atoms with E-state index in [1.165, 1.54) is 17.7 Å². The average molecular weight is 261 g/mol. The van der Waals surface area contributed by atoms with Gasteiger partial charge < -0.3 is 4.90 Å². The Kier molecular flexibility index (Phi) is 4.13. The third kappa shape index (κ3) is 2.46. The highest BCUT2D eigenvalue weighted by Crippen LogP contribution is 2.27. The van der Waals surface area contributed by atoms with Gasteiger partial charge in [-0.3, -0.25) is 0 Å². The van der Waals surface area contributed by atoms with Gasteiger partial charge in [0.05, 0.1) is 5.56 Å². The van der Waals surface area contributed by atoms with Gasteiger partial charge in [-0.1, -0.05) is 0 Å². The summed E-state index contributed by atoms with van der Waals surface area (Å²) in [6.07, 6.45) is 5.40. The van der Waals surface area contributed by atoms with E-state index in [1.54, 1.807) is 0 Å². The number of hydrogen-bond donors (Lipinski definition) is 0. The maximum atomic E-state index is 9.29. The highest BCUT2D eigenvalue weighted by molar-refractivity contribution is 7.98. The quantitative estimate of drug-likeness (QED) is 0.835. The number of fused-ring (bicyclic) bond motifs is 1. The van der Waals surface area contributed by atoms with Crippen molar-refractivity contribution in [2.75, 3.05) is 24.0 Å². The molecule has 1 unspecified atom stereocenters. The van der Waals surface area contributed by atoms with Gasteiger partial charge in [0.15, 0.2) is 0 Å². The number of nitriles is 1. The molecular weight excluding hydrogens is 242 g/mol. The van der Waals surface area contributed by atoms with Crippen molar-refractivity contribution in [2.45, 2.75) is 32.2 Å². The van der Waals surface area contributed by atoms with Crippen LogP contribution < -0.4 is 4.90 Å². The standard InChI is InChI=1S/C14H19N3S/c1-10(9-18-3)17(2)14-12(8-15)7-11-5-4-6-13(11)16-14/h7,10H,4-6,9H2,1-3H3. The maximum absolute atomic E-state index is 9.29. The Morgan fingerprint density at radius 2 is 2.33 bits per heavy atom. The normalized spacial score (nSPS) is 15.0. The van der Waals surface area contributed by atoms with Crippen molar-refractivity contribution in [1.29, 1.82) is 5.26 Å². The van der Waals surface area contributed by atoms with Crippen LogP contribution in [0.1, 0.15) is 30.2 Å². The van der Waals surface area contributed by atoms with Crippen LogP contribution in [-0.2, 0) is 12.8 Å². The lowest BCUT2D eigenvalue weighted by Crippen LogP contribution is -2.32. The van der Waals surface area contributed by atoms with Crippen LogP contribution in [-0.4, -0.2) is 30.1 Å². The molecule has 0 saturated carbocycles. The van der Waals surface area contributed by atoms with Crippen LogP contribution in [0.4, 0.5) is 5.82 Å². The van der Waals surface area contributed by atoms with Gasteiger partial charge >= 0.3 is 0 Å². The molecule has 0 saturated heterocycles. The minimum absolute atomic E-state index is 0.388. The third-order valence-corrected chi connectivity index (χ3v) is 4.37. The lowest BCUT2D eigenvalue weighted by molar-refractivity contribution is 0.749. The molecular formula is C14H19N3S. The topological polar surface area (TPSA) is 39.9 Å². The summed E-state index contributed by atoms with van der Waals surface area (Å²) in [6.45, 7) is 2.17. The summed E-state index contributed by atoms with van der Waals surface area (Å²) in [5.74, 6) is 1.89. The van der Waals surface area contributed by atoms with Crippen LogP contribution >= 0.6 is 11.8 Å². The van der Waals surface area contributed by atoms with E-state index >= 15 is 0 Å². The molecule has 0 fully saturated rings. The maximum Gasteiger partial charge on any atom is 0.146 e. The molecule has 1 heterocycles. The van der Waals surface area contributed by atoms with Gasteiger partial charge in [0.25, 0.3) is 0 Å². The first-order chi connectivity index (χ1) is 8.67. The zero-order valence-electron chi connectivity index (χ0n) is 11.2. The summed E-state index contributed by atoms with van der Waals surface area (Å²) in [6, 6.07) is 4.71. The van der Waals surface area contributed by atoms with E-state index in [1.807, 2.05) is 24.9 Å². The number of thioether (sulfide) groups is 1. The molecule has 1 aliphatic rings. The van der Waals surface area contributed by atoms with Crippen LogP contribution in [0.2, 0.25) is 0 Å². The Morgan fingerprint density at radius 1 is 1.56 bits per heavy atom. The number of pyridine rings is 1. The molecule has 0 bridgehead atoms. The van der Waals surface area contributed by atoms with Crippen LogP contribution in [0, 0.1) is 11.3 Å². The van der Waals surface area contributed by atoms with Gasteiger partial charge in [0.1, 0.15) is 11.9 Å². The SMILES string of the molecule is CSCC(C)N(C)c1nc2c(cc1C#N)CCC2. The van der Waals surface area contributed by atoms with Crippen molar-refractivity contribution in [2.24, 2.45) is 0 Å². The largest absolute Gasteiger partial charge is 0.355 e. The second-order valence-corrected chi connectivity index (χ2v) is 5.76. The molecule has 4 heteroatoms. The average Bonchev–Trinajstić information content (AvgIpc) is 2.83. The van der Waals surface area contributed by atoms with Crippen molar-refractivity contribution in [1.82, 2.24) is 4.98 Å². The molecule has 2 rings (SSSR count). The molecule has 1 atom stereocenters. The van der Waals surface area contributed by atoms with Crippen molar-refractivity contribution < 1.29 is 0 Å². The molecule has 1 aromatic heterocycles. The molecule has 0 aromatic carbocycles. The van der Waals surface area contributed by atoms with Gasteiger partial charge in [0.2, 0.25) is 0 Å². The molecule has 0 aliphatic heterocycles. The zero-order valence-corrected chi connectivity index (χ0v) is 12.0. The lowest BCUT2D eigenvalue weighted by Gasteiger charge is -2.26. The smallest absolute Gasteiger partial charge is 0.146 e.